The normalized spacial score (nSPS) is 26.4. The second-order valence-corrected chi connectivity index (χ2v) is 7.59. The molecule has 3 fully saturated rings. The predicted molar refractivity (Wildman–Crippen MR) is 93.2 cm³/mol. The highest BCUT2D eigenvalue weighted by Gasteiger charge is 2.50. The third-order valence-corrected chi connectivity index (χ3v) is 5.82. The molecule has 27 heavy (non-hydrogen) atoms. The van der Waals surface area contributed by atoms with Crippen LogP contribution in [0.2, 0.25) is 0 Å². The maximum absolute atomic E-state index is 12.9. The molecule has 2 N–H and O–H groups in total. The third-order valence-electron chi connectivity index (χ3n) is 5.82. The Bertz CT molecular complexity index is 907. The van der Waals surface area contributed by atoms with E-state index in [1.54, 1.807) is 17.0 Å². The van der Waals surface area contributed by atoms with Crippen molar-refractivity contribution in [3.8, 4) is 5.75 Å². The third kappa shape index (κ3) is 2.75. The van der Waals surface area contributed by atoms with E-state index in [4.69, 9.17) is 4.52 Å². The van der Waals surface area contributed by atoms with Gasteiger partial charge in [-0.3, -0.25) is 9.59 Å². The minimum absolute atomic E-state index is 0.0496. The Morgan fingerprint density at radius 3 is 2.89 bits per heavy atom. The molecule has 8 nitrogen and oxygen atoms in total. The lowest BCUT2D eigenvalue weighted by molar-refractivity contribution is 0.0707. The fourth-order valence-electron chi connectivity index (χ4n) is 4.34. The summed E-state index contributed by atoms with van der Waals surface area (Å²) in [5.74, 6) is 0.506. The standard InChI is InChI=1S/C19H20N4O4/c24-15-2-1-7-20-17(15)19(26)23-11-5-6-14(23)12(8-11)21-18(25)13-9-16(27-22-13)10-3-4-10/h1-2,7,9-12,14,24H,3-6,8H2,(H,21,25)/t11-,12-,14+/m1/s1. The van der Waals surface area contributed by atoms with Crippen molar-refractivity contribution in [2.45, 2.75) is 56.1 Å². The second kappa shape index (κ2) is 6.07. The van der Waals surface area contributed by atoms with Crippen molar-refractivity contribution < 1.29 is 19.2 Å². The predicted octanol–water partition coefficient (Wildman–Crippen LogP) is 1.83. The van der Waals surface area contributed by atoms with Crippen LogP contribution in [0.15, 0.2) is 28.9 Å². The first-order valence-corrected chi connectivity index (χ1v) is 9.36. The van der Waals surface area contributed by atoms with Crippen LogP contribution in [0.4, 0.5) is 0 Å². The molecule has 2 amide bonds. The van der Waals surface area contributed by atoms with E-state index >= 15 is 0 Å². The summed E-state index contributed by atoms with van der Waals surface area (Å²) in [6.45, 7) is 0. The Morgan fingerprint density at radius 1 is 1.26 bits per heavy atom. The van der Waals surface area contributed by atoms with Gasteiger partial charge in [-0.1, -0.05) is 5.16 Å². The molecule has 2 saturated heterocycles. The van der Waals surface area contributed by atoms with Gasteiger partial charge >= 0.3 is 0 Å². The van der Waals surface area contributed by atoms with Crippen LogP contribution in [-0.4, -0.2) is 50.1 Å². The molecule has 0 spiro atoms. The SMILES string of the molecule is O=C(N[C@@H]1C[C@H]2CC[C@@H]1N2C(=O)c1ncccc1O)c1cc(C2CC2)on1. The quantitative estimate of drug-likeness (QED) is 0.852. The summed E-state index contributed by atoms with van der Waals surface area (Å²) in [5, 5.41) is 16.8. The van der Waals surface area contributed by atoms with Crippen molar-refractivity contribution in [1.29, 1.82) is 0 Å². The summed E-state index contributed by atoms with van der Waals surface area (Å²) in [5.41, 5.74) is 0.354. The van der Waals surface area contributed by atoms with Gasteiger partial charge in [0.2, 0.25) is 0 Å². The zero-order valence-corrected chi connectivity index (χ0v) is 14.7. The van der Waals surface area contributed by atoms with Gasteiger partial charge in [-0.2, -0.15) is 0 Å². The highest BCUT2D eigenvalue weighted by Crippen LogP contribution is 2.41. The Balaban J connectivity index is 1.30. The minimum Gasteiger partial charge on any atom is -0.505 e. The van der Waals surface area contributed by atoms with E-state index in [1.807, 2.05) is 0 Å². The van der Waals surface area contributed by atoms with Gasteiger partial charge in [0.15, 0.2) is 11.4 Å². The highest BCUT2D eigenvalue weighted by atomic mass is 16.5. The van der Waals surface area contributed by atoms with Crippen molar-refractivity contribution in [3.05, 3.63) is 41.5 Å². The van der Waals surface area contributed by atoms with Gasteiger partial charge in [-0.05, 0) is 44.2 Å². The van der Waals surface area contributed by atoms with E-state index in [-0.39, 0.29) is 41.4 Å². The van der Waals surface area contributed by atoms with Gasteiger partial charge in [-0.15, -0.1) is 0 Å². The number of rotatable bonds is 4. The molecule has 4 heterocycles. The van der Waals surface area contributed by atoms with Crippen LogP contribution in [0.3, 0.4) is 0 Å². The van der Waals surface area contributed by atoms with Crippen LogP contribution < -0.4 is 5.32 Å². The molecule has 0 aromatic carbocycles. The maximum Gasteiger partial charge on any atom is 0.276 e. The molecule has 3 aliphatic rings. The molecule has 5 rings (SSSR count). The number of pyridine rings is 1. The summed E-state index contributed by atoms with van der Waals surface area (Å²) >= 11 is 0. The van der Waals surface area contributed by atoms with E-state index in [9.17, 15) is 14.7 Å². The fourth-order valence-corrected chi connectivity index (χ4v) is 4.34. The lowest BCUT2D eigenvalue weighted by Crippen LogP contribution is -2.45. The average Bonchev–Trinajstić information content (AvgIpc) is 3.13. The molecule has 3 atom stereocenters. The molecule has 2 aromatic heterocycles. The summed E-state index contributed by atoms with van der Waals surface area (Å²) in [7, 11) is 0. The number of carbonyl (C=O) groups is 2. The molecule has 1 aliphatic carbocycles. The number of nitrogens with zero attached hydrogens (tertiary/aromatic N) is 3. The lowest BCUT2D eigenvalue weighted by Gasteiger charge is -2.24. The molecule has 2 bridgehead atoms. The van der Waals surface area contributed by atoms with Crippen molar-refractivity contribution in [3.63, 3.8) is 0 Å². The highest BCUT2D eigenvalue weighted by molar-refractivity contribution is 5.96. The zero-order chi connectivity index (χ0) is 18.5. The molecule has 0 radical (unpaired) electrons. The van der Waals surface area contributed by atoms with Crippen molar-refractivity contribution >= 4 is 11.8 Å². The van der Waals surface area contributed by atoms with Gasteiger partial charge < -0.3 is 19.8 Å². The van der Waals surface area contributed by atoms with E-state index in [1.165, 1.54) is 12.3 Å². The number of hydrogen-bond donors (Lipinski definition) is 2. The fraction of sp³-hybridized carbons (Fsp3) is 0.474. The van der Waals surface area contributed by atoms with E-state index in [2.05, 4.69) is 15.5 Å². The monoisotopic (exact) mass is 368 g/mol. The van der Waals surface area contributed by atoms with Crippen LogP contribution in [0.1, 0.15) is 64.8 Å². The smallest absolute Gasteiger partial charge is 0.276 e. The van der Waals surface area contributed by atoms with E-state index < -0.39 is 0 Å². The van der Waals surface area contributed by atoms with Gasteiger partial charge in [0.1, 0.15) is 11.5 Å². The maximum atomic E-state index is 12.9. The Kier molecular flexibility index (Phi) is 3.66. The Morgan fingerprint density at radius 2 is 2.11 bits per heavy atom. The number of aromatic hydroxyl groups is 1. The van der Waals surface area contributed by atoms with Crippen molar-refractivity contribution in [2.24, 2.45) is 0 Å². The number of hydrogen-bond acceptors (Lipinski definition) is 6. The van der Waals surface area contributed by atoms with Crippen LogP contribution >= 0.6 is 0 Å². The minimum atomic E-state index is -0.283. The molecule has 1 saturated carbocycles. The Labute approximate surface area is 155 Å². The van der Waals surface area contributed by atoms with Crippen molar-refractivity contribution in [2.75, 3.05) is 0 Å². The van der Waals surface area contributed by atoms with Crippen LogP contribution in [0.5, 0.6) is 5.75 Å². The van der Waals surface area contributed by atoms with Gasteiger partial charge in [-0.25, -0.2) is 4.98 Å². The average molecular weight is 368 g/mol. The molecular formula is C19H20N4O4. The van der Waals surface area contributed by atoms with E-state index in [0.29, 0.717) is 18.0 Å². The topological polar surface area (TPSA) is 109 Å². The van der Waals surface area contributed by atoms with Gasteiger partial charge in [0.25, 0.3) is 11.8 Å². The first-order chi connectivity index (χ1) is 13.1. The largest absolute Gasteiger partial charge is 0.505 e. The number of aromatic nitrogens is 2. The lowest BCUT2D eigenvalue weighted by atomic mass is 9.95. The van der Waals surface area contributed by atoms with Crippen LogP contribution in [-0.2, 0) is 0 Å². The number of amides is 2. The van der Waals surface area contributed by atoms with E-state index in [0.717, 1.165) is 31.4 Å². The molecular weight excluding hydrogens is 348 g/mol. The first-order valence-electron chi connectivity index (χ1n) is 9.36. The summed E-state index contributed by atoms with van der Waals surface area (Å²) < 4.78 is 5.26. The molecule has 8 heteroatoms. The molecule has 2 aromatic rings. The number of carbonyl (C=O) groups excluding carboxylic acids is 2. The first kappa shape index (κ1) is 16.3. The van der Waals surface area contributed by atoms with Gasteiger partial charge in [0.05, 0.1) is 12.1 Å². The zero-order valence-electron chi connectivity index (χ0n) is 14.7. The molecule has 2 aliphatic heterocycles. The Hall–Kier alpha value is -2.90. The van der Waals surface area contributed by atoms with Crippen molar-refractivity contribution in [1.82, 2.24) is 20.4 Å². The molecule has 0 unspecified atom stereocenters. The van der Waals surface area contributed by atoms with Crippen LogP contribution in [0.25, 0.3) is 0 Å². The van der Waals surface area contributed by atoms with Crippen LogP contribution in [0, 0.1) is 0 Å². The second-order valence-electron chi connectivity index (χ2n) is 7.59. The summed E-state index contributed by atoms with van der Waals surface area (Å²) in [4.78, 5) is 31.2. The van der Waals surface area contributed by atoms with Gasteiger partial charge in [0, 0.05) is 24.2 Å². The summed E-state index contributed by atoms with van der Waals surface area (Å²) in [6.07, 6.45) is 6.07. The number of nitrogens with one attached hydrogen (secondary N) is 1. The number of fused-ring (bicyclic) bond motifs is 2. The molecule has 140 valence electrons. The summed E-state index contributed by atoms with van der Waals surface area (Å²) in [6, 6.07) is 4.58.